The molecule has 6 heteroatoms. The fraction of sp³-hybridized carbons (Fsp3) is 0.909. The fourth-order valence-corrected chi connectivity index (χ4v) is 1.49. The first-order valence-corrected chi connectivity index (χ1v) is 5.87. The fourth-order valence-electron chi connectivity index (χ4n) is 1.49. The molecule has 100 valence electrons. The van der Waals surface area contributed by atoms with Crippen molar-refractivity contribution in [3.8, 4) is 0 Å². The van der Waals surface area contributed by atoms with Gasteiger partial charge < -0.3 is 5.11 Å². The smallest absolute Gasteiger partial charge is 0.215 e. The lowest BCUT2D eigenvalue weighted by atomic mass is 10.1. The van der Waals surface area contributed by atoms with E-state index in [-0.39, 0.29) is 11.1 Å². The molecule has 1 aliphatic heterocycles. The number of aliphatic hydroxyl groups excluding tert-OH is 1. The minimum absolute atomic E-state index is 0.110. The number of hydrogen-bond acceptors (Lipinski definition) is 6. The molecule has 0 radical (unpaired) electrons. The second kappa shape index (κ2) is 4.89. The maximum Gasteiger partial charge on any atom is 0.215 e. The summed E-state index contributed by atoms with van der Waals surface area (Å²) in [6.07, 6.45) is 0.850. The van der Waals surface area contributed by atoms with Crippen molar-refractivity contribution in [3.05, 3.63) is 0 Å². The lowest BCUT2D eigenvalue weighted by Crippen LogP contribution is -2.65. The van der Waals surface area contributed by atoms with E-state index >= 15 is 0 Å². The molecule has 6 nitrogen and oxygen atoms in total. The average Bonchev–Trinajstić information content (AvgIpc) is 2.07. The number of hydrogen-bond donors (Lipinski definition) is 3. The van der Waals surface area contributed by atoms with Crippen LogP contribution >= 0.6 is 0 Å². The molecule has 0 saturated carbocycles. The van der Waals surface area contributed by atoms with Gasteiger partial charge >= 0.3 is 0 Å². The Balaban J connectivity index is 2.65. The zero-order chi connectivity index (χ0) is 13.3. The van der Waals surface area contributed by atoms with E-state index in [1.165, 1.54) is 0 Å². The standard InChI is InChI=1S/C11H25N5O/c1-10(2,3)13-15-7-12-8-16(9(15)17)14-11(4,5)6/h7,9,13-14,17H,8H2,1-6H3. The van der Waals surface area contributed by atoms with Crippen LogP contribution in [0.3, 0.4) is 0 Å². The molecule has 0 amide bonds. The summed E-state index contributed by atoms with van der Waals surface area (Å²) in [5.74, 6) is 0. The van der Waals surface area contributed by atoms with Crippen molar-refractivity contribution in [2.45, 2.75) is 59.0 Å². The van der Waals surface area contributed by atoms with Crippen LogP contribution in [-0.2, 0) is 0 Å². The van der Waals surface area contributed by atoms with Gasteiger partial charge in [0.2, 0.25) is 6.35 Å². The predicted octanol–water partition coefficient (Wildman–Crippen LogP) is 0.472. The van der Waals surface area contributed by atoms with Gasteiger partial charge in [-0.1, -0.05) is 0 Å². The first kappa shape index (κ1) is 14.4. The third-order valence-electron chi connectivity index (χ3n) is 1.91. The van der Waals surface area contributed by atoms with Gasteiger partial charge in [0.05, 0.1) is 0 Å². The molecule has 17 heavy (non-hydrogen) atoms. The van der Waals surface area contributed by atoms with Gasteiger partial charge in [0.15, 0.2) is 0 Å². The third-order valence-corrected chi connectivity index (χ3v) is 1.91. The van der Waals surface area contributed by atoms with Crippen LogP contribution in [0.1, 0.15) is 41.5 Å². The number of nitrogens with one attached hydrogen (secondary N) is 2. The van der Waals surface area contributed by atoms with Crippen molar-refractivity contribution in [1.29, 1.82) is 0 Å². The third kappa shape index (κ3) is 4.99. The number of hydrazine groups is 2. The Kier molecular flexibility index (Phi) is 4.14. The molecule has 0 aromatic heterocycles. The minimum atomic E-state index is -0.772. The molecule has 0 bridgehead atoms. The highest BCUT2D eigenvalue weighted by molar-refractivity contribution is 5.55. The monoisotopic (exact) mass is 243 g/mol. The lowest BCUT2D eigenvalue weighted by molar-refractivity contribution is -0.146. The van der Waals surface area contributed by atoms with Crippen LogP contribution in [-0.4, -0.2) is 45.6 Å². The summed E-state index contributed by atoms with van der Waals surface area (Å²) in [4.78, 5) is 4.20. The van der Waals surface area contributed by atoms with Crippen LogP contribution in [0, 0.1) is 0 Å². The predicted molar refractivity (Wildman–Crippen MR) is 68.8 cm³/mol. The van der Waals surface area contributed by atoms with E-state index in [0.29, 0.717) is 6.67 Å². The van der Waals surface area contributed by atoms with Gasteiger partial charge in [0.25, 0.3) is 0 Å². The zero-order valence-corrected chi connectivity index (χ0v) is 11.7. The van der Waals surface area contributed by atoms with Crippen LogP contribution in [0.4, 0.5) is 0 Å². The first-order valence-electron chi connectivity index (χ1n) is 5.87. The summed E-state index contributed by atoms with van der Waals surface area (Å²) in [6, 6.07) is 0. The molecule has 0 fully saturated rings. The largest absolute Gasteiger partial charge is 0.359 e. The second-order valence-corrected chi connectivity index (χ2v) is 6.39. The molecule has 3 N–H and O–H groups in total. The van der Waals surface area contributed by atoms with Crippen LogP contribution in [0.15, 0.2) is 4.99 Å². The van der Waals surface area contributed by atoms with Crippen LogP contribution in [0.25, 0.3) is 0 Å². The Morgan fingerprint density at radius 1 is 1.12 bits per heavy atom. The van der Waals surface area contributed by atoms with Crippen molar-refractivity contribution in [2.75, 3.05) is 6.67 Å². The quantitative estimate of drug-likeness (QED) is 0.658. The average molecular weight is 243 g/mol. The van der Waals surface area contributed by atoms with Gasteiger partial charge in [0, 0.05) is 11.1 Å². The molecular weight excluding hydrogens is 218 g/mol. The summed E-state index contributed by atoms with van der Waals surface area (Å²) in [7, 11) is 0. The van der Waals surface area contributed by atoms with E-state index in [9.17, 15) is 5.11 Å². The van der Waals surface area contributed by atoms with Gasteiger partial charge in [-0.25, -0.2) is 10.9 Å². The second-order valence-electron chi connectivity index (χ2n) is 6.39. The maximum absolute atomic E-state index is 10.2. The summed E-state index contributed by atoms with van der Waals surface area (Å²) < 4.78 is 0. The van der Waals surface area contributed by atoms with Gasteiger partial charge in [-0.2, -0.15) is 5.01 Å². The Hall–Kier alpha value is -0.690. The molecule has 0 saturated heterocycles. The highest BCUT2D eigenvalue weighted by Crippen LogP contribution is 2.10. The van der Waals surface area contributed by atoms with Crippen LogP contribution in [0.5, 0.6) is 0 Å². The zero-order valence-electron chi connectivity index (χ0n) is 11.7. The van der Waals surface area contributed by atoms with Crippen molar-refractivity contribution in [3.63, 3.8) is 0 Å². The first-order chi connectivity index (χ1) is 7.58. The van der Waals surface area contributed by atoms with E-state index < -0.39 is 6.35 Å². The topological polar surface area (TPSA) is 63.1 Å². The number of nitrogens with zero attached hydrogens (tertiary/aromatic N) is 3. The van der Waals surface area contributed by atoms with E-state index in [1.807, 2.05) is 41.5 Å². The van der Waals surface area contributed by atoms with E-state index in [4.69, 9.17) is 0 Å². The molecule has 1 rings (SSSR count). The highest BCUT2D eigenvalue weighted by Gasteiger charge is 2.29. The molecule has 1 heterocycles. The molecular formula is C11H25N5O. The molecule has 0 spiro atoms. The molecule has 1 aliphatic rings. The van der Waals surface area contributed by atoms with Crippen molar-refractivity contribution < 1.29 is 5.11 Å². The van der Waals surface area contributed by atoms with Crippen molar-refractivity contribution >= 4 is 6.34 Å². The molecule has 0 aliphatic carbocycles. The molecule has 0 aromatic rings. The Bertz CT molecular complexity index is 279. The van der Waals surface area contributed by atoms with Crippen LogP contribution < -0.4 is 10.9 Å². The number of aliphatic imine (C=N–C) groups is 1. The lowest BCUT2D eigenvalue weighted by Gasteiger charge is -2.42. The number of rotatable bonds is 2. The van der Waals surface area contributed by atoms with E-state index in [1.54, 1.807) is 16.4 Å². The SMILES string of the molecule is CC(C)(C)NN1C=NCN(NC(C)(C)C)C1O. The Labute approximate surface area is 104 Å². The molecule has 1 unspecified atom stereocenters. The van der Waals surface area contributed by atoms with Crippen LogP contribution in [0.2, 0.25) is 0 Å². The van der Waals surface area contributed by atoms with Crippen molar-refractivity contribution in [1.82, 2.24) is 20.9 Å². The summed E-state index contributed by atoms with van der Waals surface area (Å²) in [5, 5.41) is 13.5. The van der Waals surface area contributed by atoms with Gasteiger partial charge in [0.1, 0.15) is 13.0 Å². The normalized spacial score (nSPS) is 23.2. The Morgan fingerprint density at radius 2 is 1.65 bits per heavy atom. The van der Waals surface area contributed by atoms with Gasteiger partial charge in [-0.3, -0.25) is 10.0 Å². The van der Waals surface area contributed by atoms with Crippen molar-refractivity contribution in [2.24, 2.45) is 4.99 Å². The Morgan fingerprint density at radius 3 is 2.12 bits per heavy atom. The highest BCUT2D eigenvalue weighted by atomic mass is 16.3. The summed E-state index contributed by atoms with van der Waals surface area (Å²) in [5.41, 5.74) is 6.15. The van der Waals surface area contributed by atoms with E-state index in [0.717, 1.165) is 0 Å². The summed E-state index contributed by atoms with van der Waals surface area (Å²) in [6.45, 7) is 12.6. The number of aliphatic hydroxyl groups is 1. The molecule has 1 atom stereocenters. The minimum Gasteiger partial charge on any atom is -0.359 e. The van der Waals surface area contributed by atoms with Gasteiger partial charge in [-0.15, -0.1) is 0 Å². The molecule has 0 aromatic carbocycles. The van der Waals surface area contributed by atoms with Gasteiger partial charge in [-0.05, 0) is 41.5 Å². The summed E-state index contributed by atoms with van der Waals surface area (Å²) >= 11 is 0. The maximum atomic E-state index is 10.2. The van der Waals surface area contributed by atoms with E-state index in [2.05, 4.69) is 15.8 Å².